The third kappa shape index (κ3) is 2.15. The van der Waals surface area contributed by atoms with Crippen molar-refractivity contribution in [3.63, 3.8) is 0 Å². The van der Waals surface area contributed by atoms with Gasteiger partial charge in [-0.25, -0.2) is 4.98 Å². The predicted molar refractivity (Wildman–Crippen MR) is 81.0 cm³/mol. The number of benzene rings is 1. The minimum absolute atomic E-state index is 0.279. The normalized spacial score (nSPS) is 17.0. The second-order valence-electron chi connectivity index (χ2n) is 5.79. The van der Waals surface area contributed by atoms with E-state index in [9.17, 15) is 9.59 Å². The van der Waals surface area contributed by atoms with Crippen LogP contribution in [0.1, 0.15) is 31.6 Å². The van der Waals surface area contributed by atoms with E-state index in [1.807, 2.05) is 42.8 Å². The number of hydrogen-bond donors (Lipinski definition) is 1. The lowest BCUT2D eigenvalue weighted by molar-refractivity contribution is -0.152. The summed E-state index contributed by atoms with van der Waals surface area (Å²) in [5.41, 5.74) is 0.899. The lowest BCUT2D eigenvalue weighted by Crippen LogP contribution is -2.39. The fraction of sp³-hybridized carbons (Fsp3) is 0.438. The van der Waals surface area contributed by atoms with Crippen molar-refractivity contribution in [3.05, 3.63) is 30.1 Å². The Morgan fingerprint density at radius 1 is 1.36 bits per heavy atom. The van der Waals surface area contributed by atoms with Crippen LogP contribution in [-0.4, -0.2) is 28.5 Å². The summed E-state index contributed by atoms with van der Waals surface area (Å²) in [4.78, 5) is 28.7. The molecule has 22 heavy (non-hydrogen) atoms. The van der Waals surface area contributed by atoms with Crippen molar-refractivity contribution in [3.8, 4) is 0 Å². The first-order chi connectivity index (χ1) is 10.5. The topological polar surface area (TPSA) is 73.2 Å². The molecule has 1 saturated carbocycles. The van der Waals surface area contributed by atoms with E-state index < -0.39 is 11.4 Å². The van der Waals surface area contributed by atoms with Crippen molar-refractivity contribution in [2.45, 2.75) is 25.8 Å². The van der Waals surface area contributed by atoms with E-state index in [0.29, 0.717) is 12.8 Å². The summed E-state index contributed by atoms with van der Waals surface area (Å²) < 4.78 is 6.69. The third-order valence-electron chi connectivity index (χ3n) is 4.32. The average molecular weight is 301 g/mol. The van der Waals surface area contributed by atoms with Gasteiger partial charge in [-0.15, -0.1) is 0 Å². The Morgan fingerprint density at radius 3 is 2.64 bits per heavy atom. The molecule has 1 aromatic carbocycles. The highest BCUT2D eigenvalue weighted by atomic mass is 16.5. The van der Waals surface area contributed by atoms with Gasteiger partial charge in [-0.05, 0) is 31.9 Å². The maximum Gasteiger partial charge on any atom is 0.321 e. The first kappa shape index (κ1) is 14.6. The Balaban J connectivity index is 1.82. The van der Waals surface area contributed by atoms with Crippen molar-refractivity contribution >= 4 is 22.9 Å². The van der Waals surface area contributed by atoms with Gasteiger partial charge in [-0.2, -0.15) is 0 Å². The van der Waals surface area contributed by atoms with Gasteiger partial charge < -0.3 is 14.6 Å². The van der Waals surface area contributed by atoms with E-state index in [0.717, 1.165) is 16.9 Å². The van der Waals surface area contributed by atoms with Crippen LogP contribution < -0.4 is 5.32 Å². The molecular formula is C16H19N3O3. The molecule has 0 saturated heterocycles. The lowest BCUT2D eigenvalue weighted by atomic mass is 10.1. The van der Waals surface area contributed by atoms with E-state index in [1.54, 1.807) is 0 Å². The van der Waals surface area contributed by atoms with Crippen LogP contribution in [0, 0.1) is 5.41 Å². The molecule has 6 nitrogen and oxygen atoms in total. The Bertz CT molecular complexity index is 746. The fourth-order valence-electron chi connectivity index (χ4n) is 2.80. The smallest absolute Gasteiger partial charge is 0.321 e. The third-order valence-corrected chi connectivity index (χ3v) is 4.32. The summed E-state index contributed by atoms with van der Waals surface area (Å²) in [5, 5.41) is 2.89. The second kappa shape index (κ2) is 5.12. The summed E-state index contributed by atoms with van der Waals surface area (Å²) in [6, 6.07) is 7.51. The Hall–Kier alpha value is -2.37. The minimum Gasteiger partial charge on any atom is -0.468 e. The number of carbonyl (C=O) groups excluding carboxylic acids is 2. The number of nitrogens with zero attached hydrogens (tertiary/aromatic N) is 2. The first-order valence-electron chi connectivity index (χ1n) is 7.30. The van der Waals surface area contributed by atoms with Crippen LogP contribution in [0.2, 0.25) is 0 Å². The first-order valence-corrected chi connectivity index (χ1v) is 7.30. The van der Waals surface area contributed by atoms with Crippen LogP contribution in [0.5, 0.6) is 0 Å². The number of carbonyl (C=O) groups is 2. The van der Waals surface area contributed by atoms with Gasteiger partial charge in [0.25, 0.3) is 0 Å². The number of aryl methyl sites for hydroxylation is 1. The van der Waals surface area contributed by atoms with Crippen LogP contribution in [0.15, 0.2) is 24.3 Å². The molecule has 1 aliphatic rings. The number of aromatic nitrogens is 2. The van der Waals surface area contributed by atoms with Gasteiger partial charge in [0.2, 0.25) is 5.91 Å². The molecule has 0 bridgehead atoms. The highest BCUT2D eigenvalue weighted by Crippen LogP contribution is 2.47. The number of nitrogens with one attached hydrogen (secondary N) is 1. The monoisotopic (exact) mass is 301 g/mol. The van der Waals surface area contributed by atoms with Gasteiger partial charge in [0.05, 0.1) is 24.2 Å². The van der Waals surface area contributed by atoms with Gasteiger partial charge in [0, 0.05) is 7.05 Å². The number of para-hydroxylation sites is 2. The van der Waals surface area contributed by atoms with Gasteiger partial charge in [-0.3, -0.25) is 9.59 Å². The lowest BCUT2D eigenvalue weighted by Gasteiger charge is -2.18. The van der Waals surface area contributed by atoms with Crippen molar-refractivity contribution in [1.29, 1.82) is 0 Å². The van der Waals surface area contributed by atoms with Crippen molar-refractivity contribution in [1.82, 2.24) is 14.9 Å². The summed E-state index contributed by atoms with van der Waals surface area (Å²) in [5.74, 6) is 0.0244. The number of ether oxygens (including phenoxy) is 1. The molecular weight excluding hydrogens is 282 g/mol. The maximum atomic E-state index is 12.4. The van der Waals surface area contributed by atoms with Crippen molar-refractivity contribution in [2.75, 3.05) is 7.11 Å². The molecule has 6 heteroatoms. The van der Waals surface area contributed by atoms with Gasteiger partial charge in [-0.1, -0.05) is 12.1 Å². The number of rotatable bonds is 4. The van der Waals surface area contributed by atoms with E-state index >= 15 is 0 Å². The minimum atomic E-state index is -0.992. The van der Waals surface area contributed by atoms with Gasteiger partial charge >= 0.3 is 5.97 Å². The molecule has 1 heterocycles. The van der Waals surface area contributed by atoms with Gasteiger partial charge in [0.15, 0.2) is 0 Å². The molecule has 1 aliphatic carbocycles. The Kier molecular flexibility index (Phi) is 3.39. The predicted octanol–water partition coefficient (Wildman–Crippen LogP) is 1.70. The van der Waals surface area contributed by atoms with E-state index in [-0.39, 0.29) is 11.9 Å². The summed E-state index contributed by atoms with van der Waals surface area (Å²) in [7, 11) is 3.23. The molecule has 1 amide bonds. The molecule has 116 valence electrons. The summed E-state index contributed by atoms with van der Waals surface area (Å²) in [6.07, 6.45) is 1.08. The molecule has 0 unspecified atom stereocenters. The number of amides is 1. The van der Waals surface area contributed by atoms with E-state index in [2.05, 4.69) is 10.3 Å². The second-order valence-corrected chi connectivity index (χ2v) is 5.79. The molecule has 1 aromatic heterocycles. The number of imidazole rings is 1. The quantitative estimate of drug-likeness (QED) is 0.689. The van der Waals surface area contributed by atoms with Crippen molar-refractivity contribution < 1.29 is 14.3 Å². The van der Waals surface area contributed by atoms with Gasteiger partial charge in [0.1, 0.15) is 11.2 Å². The van der Waals surface area contributed by atoms with E-state index in [1.165, 1.54) is 7.11 Å². The van der Waals surface area contributed by atoms with Crippen molar-refractivity contribution in [2.24, 2.45) is 12.5 Å². The largest absolute Gasteiger partial charge is 0.468 e. The average Bonchev–Trinajstić information content (AvgIpc) is 3.27. The summed E-state index contributed by atoms with van der Waals surface area (Å²) in [6.45, 7) is 1.87. The zero-order valence-electron chi connectivity index (χ0n) is 12.9. The number of esters is 1. The zero-order valence-corrected chi connectivity index (χ0v) is 12.9. The van der Waals surface area contributed by atoms with Crippen LogP contribution in [0.4, 0.5) is 0 Å². The Morgan fingerprint density at radius 2 is 2.05 bits per heavy atom. The molecule has 0 aliphatic heterocycles. The number of fused-ring (bicyclic) bond motifs is 1. The fourth-order valence-corrected chi connectivity index (χ4v) is 2.80. The molecule has 0 spiro atoms. The SMILES string of the molecule is COC(=O)C1(C(=O)N[C@H](C)c2nc3ccccc3n2C)CC1. The molecule has 2 aromatic rings. The zero-order chi connectivity index (χ0) is 15.9. The molecule has 1 N–H and O–H groups in total. The van der Waals surface area contributed by atoms with E-state index in [4.69, 9.17) is 4.74 Å². The standard InChI is InChI=1S/C16H19N3O3/c1-10(17-14(20)16(8-9-16)15(21)22-3)13-18-11-6-4-5-7-12(11)19(13)2/h4-7,10H,8-9H2,1-3H3,(H,17,20)/t10-/m1/s1. The molecule has 1 fully saturated rings. The van der Waals surface area contributed by atoms with Crippen LogP contribution >= 0.6 is 0 Å². The van der Waals surface area contributed by atoms with Crippen LogP contribution in [-0.2, 0) is 21.4 Å². The molecule has 0 radical (unpaired) electrons. The Labute approximate surface area is 128 Å². The number of methoxy groups -OCH3 is 1. The summed E-state index contributed by atoms with van der Waals surface area (Å²) >= 11 is 0. The highest BCUT2D eigenvalue weighted by molar-refractivity contribution is 6.05. The molecule has 3 rings (SSSR count). The number of hydrogen-bond acceptors (Lipinski definition) is 4. The highest BCUT2D eigenvalue weighted by Gasteiger charge is 2.58. The van der Waals surface area contributed by atoms with Crippen LogP contribution in [0.3, 0.4) is 0 Å². The van der Waals surface area contributed by atoms with Crippen LogP contribution in [0.25, 0.3) is 11.0 Å². The maximum absolute atomic E-state index is 12.4. The molecule has 1 atom stereocenters.